The van der Waals surface area contributed by atoms with Gasteiger partial charge in [0.05, 0.1) is 5.92 Å². The standard InChI is InChI=1S/C19H31N3O3/c23-17-8-7-16(14-20-17)19(25)22-12-10-21(11-13-22)18(24)9-6-15-4-2-1-3-5-15/h15-16H,1-14H2,(H,20,23)/t16-/m0/s1. The fraction of sp³-hybridized carbons (Fsp3) is 0.842. The van der Waals surface area contributed by atoms with Crippen LogP contribution in [0.4, 0.5) is 0 Å². The summed E-state index contributed by atoms with van der Waals surface area (Å²) in [7, 11) is 0. The van der Waals surface area contributed by atoms with Gasteiger partial charge in [-0.2, -0.15) is 0 Å². The molecule has 0 aromatic rings. The number of piperazine rings is 1. The molecule has 0 spiro atoms. The summed E-state index contributed by atoms with van der Waals surface area (Å²) < 4.78 is 0. The Labute approximate surface area is 150 Å². The molecule has 1 N–H and O–H groups in total. The summed E-state index contributed by atoms with van der Waals surface area (Å²) in [6, 6.07) is 0. The first-order valence-electron chi connectivity index (χ1n) is 9.97. The third-order valence-electron chi connectivity index (χ3n) is 6.05. The molecule has 0 aromatic carbocycles. The zero-order valence-corrected chi connectivity index (χ0v) is 15.2. The van der Waals surface area contributed by atoms with Crippen LogP contribution in [-0.4, -0.2) is 60.2 Å². The average molecular weight is 349 g/mol. The van der Waals surface area contributed by atoms with Crippen molar-refractivity contribution in [1.29, 1.82) is 0 Å². The Balaban J connectivity index is 1.38. The Hall–Kier alpha value is -1.59. The first-order valence-corrected chi connectivity index (χ1v) is 9.97. The van der Waals surface area contributed by atoms with Crippen molar-refractivity contribution in [3.63, 3.8) is 0 Å². The molecular formula is C19H31N3O3. The number of amides is 3. The zero-order valence-electron chi connectivity index (χ0n) is 15.2. The molecule has 1 atom stereocenters. The fourth-order valence-electron chi connectivity index (χ4n) is 4.34. The minimum atomic E-state index is -0.0914. The fourth-order valence-corrected chi connectivity index (χ4v) is 4.34. The first-order chi connectivity index (χ1) is 12.1. The van der Waals surface area contributed by atoms with Crippen LogP contribution in [0.2, 0.25) is 0 Å². The van der Waals surface area contributed by atoms with Gasteiger partial charge in [0.25, 0.3) is 0 Å². The van der Waals surface area contributed by atoms with E-state index >= 15 is 0 Å². The lowest BCUT2D eigenvalue weighted by Crippen LogP contribution is -2.53. The normalized spacial score (nSPS) is 25.6. The molecule has 1 saturated carbocycles. The van der Waals surface area contributed by atoms with Gasteiger partial charge in [-0.3, -0.25) is 14.4 Å². The maximum atomic E-state index is 12.5. The average Bonchev–Trinajstić information content (AvgIpc) is 2.67. The number of hydrogen-bond acceptors (Lipinski definition) is 3. The molecule has 3 rings (SSSR count). The highest BCUT2D eigenvalue weighted by Crippen LogP contribution is 2.27. The molecule has 6 heteroatoms. The van der Waals surface area contributed by atoms with Crippen molar-refractivity contribution in [2.45, 2.75) is 57.8 Å². The summed E-state index contributed by atoms with van der Waals surface area (Å²) in [6.45, 7) is 3.00. The van der Waals surface area contributed by atoms with Crippen LogP contribution in [0.1, 0.15) is 57.8 Å². The molecule has 1 aliphatic carbocycles. The highest BCUT2D eigenvalue weighted by atomic mass is 16.2. The Morgan fingerprint density at radius 1 is 0.960 bits per heavy atom. The van der Waals surface area contributed by atoms with Crippen molar-refractivity contribution < 1.29 is 14.4 Å². The molecular weight excluding hydrogens is 318 g/mol. The van der Waals surface area contributed by atoms with E-state index in [0.29, 0.717) is 52.0 Å². The quantitative estimate of drug-likeness (QED) is 0.837. The van der Waals surface area contributed by atoms with Crippen molar-refractivity contribution in [1.82, 2.24) is 15.1 Å². The summed E-state index contributed by atoms with van der Waals surface area (Å²) in [4.78, 5) is 40.0. The smallest absolute Gasteiger partial charge is 0.227 e. The van der Waals surface area contributed by atoms with E-state index in [4.69, 9.17) is 0 Å². The van der Waals surface area contributed by atoms with Crippen LogP contribution in [0.15, 0.2) is 0 Å². The van der Waals surface area contributed by atoms with Crippen molar-refractivity contribution in [2.24, 2.45) is 11.8 Å². The van der Waals surface area contributed by atoms with E-state index in [2.05, 4.69) is 5.32 Å². The van der Waals surface area contributed by atoms with Crippen molar-refractivity contribution >= 4 is 17.7 Å². The SMILES string of the molecule is O=C1CC[C@H](C(=O)N2CCN(C(=O)CCC3CCCCC3)CC2)CN1. The third kappa shape index (κ3) is 4.95. The van der Waals surface area contributed by atoms with E-state index in [1.54, 1.807) is 0 Å². The van der Waals surface area contributed by atoms with Gasteiger partial charge in [-0.1, -0.05) is 32.1 Å². The molecule has 3 aliphatic rings. The van der Waals surface area contributed by atoms with E-state index < -0.39 is 0 Å². The molecule has 2 saturated heterocycles. The lowest BCUT2D eigenvalue weighted by Gasteiger charge is -2.37. The minimum absolute atomic E-state index is 0.0393. The second-order valence-corrected chi connectivity index (χ2v) is 7.79. The van der Waals surface area contributed by atoms with E-state index in [9.17, 15) is 14.4 Å². The van der Waals surface area contributed by atoms with Crippen LogP contribution in [0.5, 0.6) is 0 Å². The van der Waals surface area contributed by atoms with Crippen LogP contribution in [0.25, 0.3) is 0 Å². The van der Waals surface area contributed by atoms with Gasteiger partial charge in [-0.15, -0.1) is 0 Å². The topological polar surface area (TPSA) is 69.7 Å². The minimum Gasteiger partial charge on any atom is -0.355 e. The maximum Gasteiger partial charge on any atom is 0.227 e. The molecule has 2 heterocycles. The van der Waals surface area contributed by atoms with Gasteiger partial charge in [0.1, 0.15) is 0 Å². The largest absolute Gasteiger partial charge is 0.355 e. The maximum absolute atomic E-state index is 12.5. The molecule has 0 unspecified atom stereocenters. The number of hydrogen-bond donors (Lipinski definition) is 1. The second-order valence-electron chi connectivity index (χ2n) is 7.79. The monoisotopic (exact) mass is 349 g/mol. The highest BCUT2D eigenvalue weighted by Gasteiger charge is 2.31. The second kappa shape index (κ2) is 8.68. The van der Waals surface area contributed by atoms with Crippen molar-refractivity contribution in [2.75, 3.05) is 32.7 Å². The van der Waals surface area contributed by atoms with Crippen LogP contribution >= 0.6 is 0 Å². The van der Waals surface area contributed by atoms with Gasteiger partial charge in [0, 0.05) is 45.6 Å². The van der Waals surface area contributed by atoms with Crippen molar-refractivity contribution in [3.8, 4) is 0 Å². The van der Waals surface area contributed by atoms with Gasteiger partial charge in [0.2, 0.25) is 17.7 Å². The number of nitrogens with zero attached hydrogens (tertiary/aromatic N) is 2. The summed E-state index contributed by atoms with van der Waals surface area (Å²) in [5.74, 6) is 1.07. The molecule has 140 valence electrons. The molecule has 3 amide bonds. The van der Waals surface area contributed by atoms with Crippen molar-refractivity contribution in [3.05, 3.63) is 0 Å². The van der Waals surface area contributed by atoms with E-state index in [1.165, 1.54) is 32.1 Å². The van der Waals surface area contributed by atoms with E-state index in [1.807, 2.05) is 9.80 Å². The molecule has 6 nitrogen and oxygen atoms in total. The molecule has 0 radical (unpaired) electrons. The molecule has 0 bridgehead atoms. The molecule has 3 fully saturated rings. The number of piperidine rings is 1. The third-order valence-corrected chi connectivity index (χ3v) is 6.05. The Morgan fingerprint density at radius 3 is 2.28 bits per heavy atom. The molecule has 2 aliphatic heterocycles. The molecule has 0 aromatic heterocycles. The van der Waals surface area contributed by atoms with Crippen LogP contribution < -0.4 is 5.32 Å². The Bertz CT molecular complexity index is 484. The lowest BCUT2D eigenvalue weighted by atomic mass is 9.86. The van der Waals surface area contributed by atoms with Crippen LogP contribution in [0.3, 0.4) is 0 Å². The van der Waals surface area contributed by atoms with Gasteiger partial charge >= 0.3 is 0 Å². The first kappa shape index (κ1) is 18.2. The number of carbonyl (C=O) groups excluding carboxylic acids is 3. The summed E-state index contributed by atoms with van der Waals surface area (Å²) in [6.07, 6.45) is 9.34. The van der Waals surface area contributed by atoms with Gasteiger partial charge in [0.15, 0.2) is 0 Å². The Kier molecular flexibility index (Phi) is 6.32. The van der Waals surface area contributed by atoms with Gasteiger partial charge in [-0.25, -0.2) is 0 Å². The highest BCUT2D eigenvalue weighted by molar-refractivity contribution is 5.84. The van der Waals surface area contributed by atoms with Crippen LogP contribution in [0, 0.1) is 11.8 Å². The summed E-state index contributed by atoms with van der Waals surface area (Å²) >= 11 is 0. The number of nitrogens with one attached hydrogen (secondary N) is 1. The Morgan fingerprint density at radius 2 is 1.64 bits per heavy atom. The lowest BCUT2D eigenvalue weighted by molar-refractivity contribution is -0.143. The van der Waals surface area contributed by atoms with E-state index in [-0.39, 0.29) is 23.6 Å². The molecule has 25 heavy (non-hydrogen) atoms. The number of rotatable bonds is 4. The number of carbonyl (C=O) groups is 3. The van der Waals surface area contributed by atoms with Crippen LogP contribution in [-0.2, 0) is 14.4 Å². The summed E-state index contributed by atoms with van der Waals surface area (Å²) in [5, 5.41) is 2.78. The van der Waals surface area contributed by atoms with Gasteiger partial charge < -0.3 is 15.1 Å². The zero-order chi connectivity index (χ0) is 17.6. The van der Waals surface area contributed by atoms with E-state index in [0.717, 1.165) is 12.3 Å². The van der Waals surface area contributed by atoms with Gasteiger partial charge in [-0.05, 0) is 18.8 Å². The predicted molar refractivity (Wildman–Crippen MR) is 94.7 cm³/mol. The predicted octanol–water partition coefficient (Wildman–Crippen LogP) is 1.54. The summed E-state index contributed by atoms with van der Waals surface area (Å²) in [5.41, 5.74) is 0.